The van der Waals surface area contributed by atoms with Gasteiger partial charge in [0.15, 0.2) is 5.65 Å². The Bertz CT molecular complexity index is 1620. The quantitative estimate of drug-likeness (QED) is 0.393. The number of alkyl halides is 3. The Morgan fingerprint density at radius 3 is 2.46 bits per heavy atom. The van der Waals surface area contributed by atoms with Crippen LogP contribution in [0.1, 0.15) is 11.4 Å². The third kappa shape index (κ3) is 3.55. The third-order valence-corrected chi connectivity index (χ3v) is 5.82. The van der Waals surface area contributed by atoms with Crippen molar-refractivity contribution in [2.24, 2.45) is 0 Å². The molecule has 8 nitrogen and oxygen atoms in total. The highest BCUT2D eigenvalue weighted by molar-refractivity contribution is 5.87. The summed E-state index contributed by atoms with van der Waals surface area (Å²) in [6.07, 6.45) is -4.75. The Labute approximate surface area is 196 Å². The van der Waals surface area contributed by atoms with Crippen molar-refractivity contribution in [1.82, 2.24) is 24.1 Å². The molecule has 0 saturated carbocycles. The Balaban J connectivity index is 1.86. The first-order valence-electron chi connectivity index (χ1n) is 10.7. The van der Waals surface area contributed by atoms with Crippen molar-refractivity contribution in [3.8, 4) is 28.3 Å². The number of aromatic nitrogens is 5. The number of aromatic amines is 1. The summed E-state index contributed by atoms with van der Waals surface area (Å²) < 4.78 is 49.8. The van der Waals surface area contributed by atoms with Gasteiger partial charge in [0, 0.05) is 6.54 Å². The van der Waals surface area contributed by atoms with Crippen LogP contribution in [0.25, 0.3) is 39.2 Å². The molecule has 3 aromatic heterocycles. The SMILES string of the molecule is COc1cccc2c1nc(-c1c(C)nc3c(-c4ccccc4)c(C(F)(F)F)[nH]n3c1=O)n2CCO. The summed E-state index contributed by atoms with van der Waals surface area (Å²) >= 11 is 0. The molecule has 0 amide bonds. The summed E-state index contributed by atoms with van der Waals surface area (Å²) in [6.45, 7) is 1.41. The predicted octanol–water partition coefficient (Wildman–Crippen LogP) is 4.03. The van der Waals surface area contributed by atoms with Crippen LogP contribution in [0.2, 0.25) is 0 Å². The van der Waals surface area contributed by atoms with E-state index in [2.05, 4.69) is 15.1 Å². The van der Waals surface area contributed by atoms with E-state index in [0.717, 1.165) is 4.52 Å². The molecule has 35 heavy (non-hydrogen) atoms. The van der Waals surface area contributed by atoms with Crippen LogP contribution in [0.5, 0.6) is 5.75 Å². The molecule has 0 bridgehead atoms. The van der Waals surface area contributed by atoms with E-state index in [1.165, 1.54) is 19.2 Å². The minimum absolute atomic E-state index is 0.0174. The standard InChI is InChI=1S/C24H20F3N5O3/c1-13-17(21-29-19-15(31(21)11-12-33)9-6-10-16(19)35-2)23(34)32-22(28-13)18(14-7-4-3-5-8-14)20(30-32)24(25,26)27/h3-10,30,33H,11-12H2,1-2H3. The van der Waals surface area contributed by atoms with Gasteiger partial charge in [-0.2, -0.15) is 17.7 Å². The highest BCUT2D eigenvalue weighted by Gasteiger charge is 2.38. The molecule has 0 fully saturated rings. The molecule has 0 unspecified atom stereocenters. The van der Waals surface area contributed by atoms with Crippen LogP contribution in [0.15, 0.2) is 53.3 Å². The number of aliphatic hydroxyl groups is 1. The summed E-state index contributed by atoms with van der Waals surface area (Å²) in [4.78, 5) is 22.6. The number of rotatable bonds is 5. The summed E-state index contributed by atoms with van der Waals surface area (Å²) in [5, 5.41) is 11.9. The molecule has 5 rings (SSSR count). The first-order chi connectivity index (χ1) is 16.8. The topological polar surface area (TPSA) is 97.4 Å². The number of H-pyrrole nitrogens is 1. The molecule has 0 atom stereocenters. The van der Waals surface area contributed by atoms with E-state index in [1.54, 1.807) is 47.9 Å². The van der Waals surface area contributed by atoms with Crippen molar-refractivity contribution in [2.75, 3.05) is 13.7 Å². The van der Waals surface area contributed by atoms with Crippen molar-refractivity contribution in [2.45, 2.75) is 19.6 Å². The first-order valence-corrected chi connectivity index (χ1v) is 10.7. The maximum absolute atomic E-state index is 14.0. The number of aryl methyl sites for hydroxylation is 1. The molecule has 0 radical (unpaired) electrons. The number of para-hydroxylation sites is 1. The molecule has 0 saturated heterocycles. The van der Waals surface area contributed by atoms with Crippen LogP contribution in [0, 0.1) is 6.92 Å². The number of ether oxygens (including phenoxy) is 1. The molecule has 5 aromatic rings. The predicted molar refractivity (Wildman–Crippen MR) is 123 cm³/mol. The molecular formula is C24H20F3N5O3. The van der Waals surface area contributed by atoms with Gasteiger partial charge in [-0.05, 0) is 24.6 Å². The number of hydrogen-bond donors (Lipinski definition) is 2. The summed E-state index contributed by atoms with van der Waals surface area (Å²) in [5.74, 6) is 0.630. The number of halogens is 3. The van der Waals surface area contributed by atoms with Crippen molar-refractivity contribution < 1.29 is 23.0 Å². The van der Waals surface area contributed by atoms with Gasteiger partial charge < -0.3 is 14.4 Å². The normalized spacial score (nSPS) is 12.1. The van der Waals surface area contributed by atoms with E-state index in [-0.39, 0.29) is 47.0 Å². The molecule has 0 spiro atoms. The van der Waals surface area contributed by atoms with E-state index in [1.807, 2.05) is 0 Å². The Kier molecular flexibility index (Phi) is 5.36. The Morgan fingerprint density at radius 2 is 1.80 bits per heavy atom. The second-order valence-electron chi connectivity index (χ2n) is 7.90. The second-order valence-corrected chi connectivity index (χ2v) is 7.90. The van der Waals surface area contributed by atoms with Gasteiger partial charge in [0.1, 0.15) is 28.3 Å². The average molecular weight is 483 g/mol. The smallest absolute Gasteiger partial charge is 0.433 e. The summed E-state index contributed by atoms with van der Waals surface area (Å²) in [7, 11) is 1.48. The molecule has 2 N–H and O–H groups in total. The fourth-order valence-electron chi connectivity index (χ4n) is 4.32. The van der Waals surface area contributed by atoms with Gasteiger partial charge in [0.2, 0.25) is 0 Å². The molecule has 180 valence electrons. The van der Waals surface area contributed by atoms with Gasteiger partial charge >= 0.3 is 6.18 Å². The van der Waals surface area contributed by atoms with Gasteiger partial charge in [-0.25, -0.2) is 9.97 Å². The first kappa shape index (κ1) is 22.7. The zero-order valence-electron chi connectivity index (χ0n) is 18.7. The molecule has 0 aliphatic heterocycles. The second kappa shape index (κ2) is 8.27. The monoisotopic (exact) mass is 483 g/mol. The zero-order chi connectivity index (χ0) is 24.9. The van der Waals surface area contributed by atoms with Crippen molar-refractivity contribution in [3.63, 3.8) is 0 Å². The van der Waals surface area contributed by atoms with Crippen LogP contribution in [0.4, 0.5) is 13.2 Å². The van der Waals surface area contributed by atoms with E-state index in [4.69, 9.17) is 4.74 Å². The lowest BCUT2D eigenvalue weighted by atomic mass is 10.1. The average Bonchev–Trinajstić information content (AvgIpc) is 3.39. The Morgan fingerprint density at radius 1 is 1.06 bits per heavy atom. The van der Waals surface area contributed by atoms with Crippen molar-refractivity contribution >= 4 is 16.7 Å². The van der Waals surface area contributed by atoms with Crippen molar-refractivity contribution in [3.05, 3.63) is 70.3 Å². The number of nitrogens with one attached hydrogen (secondary N) is 1. The minimum Gasteiger partial charge on any atom is -0.494 e. The number of methoxy groups -OCH3 is 1. The van der Waals surface area contributed by atoms with Gasteiger partial charge in [0.05, 0.1) is 30.5 Å². The van der Waals surface area contributed by atoms with Crippen molar-refractivity contribution in [1.29, 1.82) is 0 Å². The summed E-state index contributed by atoms with van der Waals surface area (Å²) in [5.41, 5.74) is -0.622. The van der Waals surface area contributed by atoms with Crippen LogP contribution in [0.3, 0.4) is 0 Å². The molecule has 3 heterocycles. The van der Waals surface area contributed by atoms with Crippen LogP contribution < -0.4 is 10.3 Å². The van der Waals surface area contributed by atoms with Gasteiger partial charge in [-0.3, -0.25) is 9.89 Å². The van der Waals surface area contributed by atoms with Crippen LogP contribution in [-0.4, -0.2) is 43.0 Å². The highest BCUT2D eigenvalue weighted by Crippen LogP contribution is 2.38. The fourth-order valence-corrected chi connectivity index (χ4v) is 4.32. The third-order valence-electron chi connectivity index (χ3n) is 5.82. The maximum Gasteiger partial charge on any atom is 0.433 e. The number of aliphatic hydroxyl groups excluding tert-OH is 1. The van der Waals surface area contributed by atoms with Crippen LogP contribution >= 0.6 is 0 Å². The maximum atomic E-state index is 14.0. The number of benzene rings is 2. The lowest BCUT2D eigenvalue weighted by Gasteiger charge is -2.10. The largest absolute Gasteiger partial charge is 0.494 e. The number of imidazole rings is 1. The minimum atomic E-state index is -4.75. The van der Waals surface area contributed by atoms with Gasteiger partial charge in [-0.1, -0.05) is 36.4 Å². The summed E-state index contributed by atoms with van der Waals surface area (Å²) in [6, 6.07) is 13.2. The molecular weight excluding hydrogens is 463 g/mol. The fraction of sp³-hybridized carbons (Fsp3) is 0.208. The zero-order valence-corrected chi connectivity index (χ0v) is 18.7. The van der Waals surface area contributed by atoms with Gasteiger partial charge in [0.25, 0.3) is 5.56 Å². The lowest BCUT2D eigenvalue weighted by molar-refractivity contribution is -0.140. The number of hydrogen-bond acceptors (Lipinski definition) is 5. The molecule has 2 aromatic carbocycles. The van der Waals surface area contributed by atoms with Crippen LogP contribution in [-0.2, 0) is 12.7 Å². The number of nitrogens with zero attached hydrogens (tertiary/aromatic N) is 4. The van der Waals surface area contributed by atoms with E-state index < -0.39 is 17.4 Å². The van der Waals surface area contributed by atoms with E-state index in [0.29, 0.717) is 16.8 Å². The van der Waals surface area contributed by atoms with E-state index in [9.17, 15) is 23.1 Å². The molecule has 11 heteroatoms. The Hall–Kier alpha value is -4.12. The molecule has 0 aliphatic rings. The van der Waals surface area contributed by atoms with Gasteiger partial charge in [-0.15, -0.1) is 0 Å². The molecule has 0 aliphatic carbocycles. The lowest BCUT2D eigenvalue weighted by Crippen LogP contribution is -2.21. The highest BCUT2D eigenvalue weighted by atomic mass is 19.4. The number of fused-ring (bicyclic) bond motifs is 2. The van der Waals surface area contributed by atoms with E-state index >= 15 is 0 Å².